The fourth-order valence-electron chi connectivity index (χ4n) is 1.97. The van der Waals surface area contributed by atoms with E-state index in [-0.39, 0.29) is 5.82 Å². The maximum absolute atomic E-state index is 13.4. The molecule has 0 amide bonds. The maximum Gasteiger partial charge on any atom is 0.161 e. The van der Waals surface area contributed by atoms with Crippen LogP contribution in [0.25, 0.3) is 11.4 Å². The van der Waals surface area contributed by atoms with E-state index in [1.54, 1.807) is 19.1 Å². The highest BCUT2D eigenvalue weighted by Gasteiger charge is 2.12. The summed E-state index contributed by atoms with van der Waals surface area (Å²) in [6, 6.07) is 4.97. The quantitative estimate of drug-likeness (QED) is 0.803. The fourth-order valence-corrected chi connectivity index (χ4v) is 2.76. The Balaban J connectivity index is 2.55. The SMILES string of the molecule is CCCc1nc(-c2ccc(F)c(C)c2)nc(NC)c1I. The predicted molar refractivity (Wildman–Crippen MR) is 88.4 cm³/mol. The largest absolute Gasteiger partial charge is 0.372 e. The number of aryl methyl sites for hydroxylation is 2. The lowest BCUT2D eigenvalue weighted by Gasteiger charge is -2.11. The molecule has 0 radical (unpaired) electrons. The topological polar surface area (TPSA) is 37.8 Å². The molecule has 0 aliphatic carbocycles. The number of nitrogens with one attached hydrogen (secondary N) is 1. The summed E-state index contributed by atoms with van der Waals surface area (Å²) in [7, 11) is 1.85. The molecule has 0 unspecified atom stereocenters. The van der Waals surface area contributed by atoms with E-state index in [0.29, 0.717) is 11.4 Å². The van der Waals surface area contributed by atoms with Crippen molar-refractivity contribution in [3.63, 3.8) is 0 Å². The zero-order valence-electron chi connectivity index (χ0n) is 11.8. The molecule has 0 fully saturated rings. The Kier molecular flexibility index (Phi) is 4.91. The van der Waals surface area contributed by atoms with Gasteiger partial charge >= 0.3 is 0 Å². The predicted octanol–water partition coefficient (Wildman–Crippen LogP) is 4.19. The van der Waals surface area contributed by atoms with Crippen LogP contribution in [0, 0.1) is 16.3 Å². The third-order valence-corrected chi connectivity index (χ3v) is 4.19. The summed E-state index contributed by atoms with van der Waals surface area (Å²) >= 11 is 2.26. The first kappa shape index (κ1) is 15.2. The number of anilines is 1. The van der Waals surface area contributed by atoms with E-state index >= 15 is 0 Å². The van der Waals surface area contributed by atoms with Crippen LogP contribution < -0.4 is 5.32 Å². The Morgan fingerprint density at radius 1 is 1.30 bits per heavy atom. The van der Waals surface area contributed by atoms with Gasteiger partial charge in [0.15, 0.2) is 5.82 Å². The number of halogens is 2. The van der Waals surface area contributed by atoms with Crippen molar-refractivity contribution >= 4 is 28.4 Å². The van der Waals surface area contributed by atoms with Gasteiger partial charge in [-0.25, -0.2) is 14.4 Å². The summed E-state index contributed by atoms with van der Waals surface area (Å²) < 4.78 is 14.4. The van der Waals surface area contributed by atoms with Crippen LogP contribution in [0.5, 0.6) is 0 Å². The highest BCUT2D eigenvalue weighted by atomic mass is 127. The van der Waals surface area contributed by atoms with Crippen LogP contribution in [0.1, 0.15) is 24.6 Å². The molecule has 106 valence electrons. The Hall–Kier alpha value is -1.24. The summed E-state index contributed by atoms with van der Waals surface area (Å²) in [6.45, 7) is 3.87. The average Bonchev–Trinajstić information content (AvgIpc) is 2.44. The zero-order chi connectivity index (χ0) is 14.7. The Bertz CT molecular complexity index is 629. The monoisotopic (exact) mass is 385 g/mol. The maximum atomic E-state index is 13.4. The van der Waals surface area contributed by atoms with Crippen LogP contribution in [0.2, 0.25) is 0 Å². The van der Waals surface area contributed by atoms with Crippen LogP contribution in [0.4, 0.5) is 10.2 Å². The average molecular weight is 385 g/mol. The lowest BCUT2D eigenvalue weighted by molar-refractivity contribution is 0.618. The van der Waals surface area contributed by atoms with Crippen molar-refractivity contribution < 1.29 is 4.39 Å². The van der Waals surface area contributed by atoms with E-state index in [1.165, 1.54) is 6.07 Å². The van der Waals surface area contributed by atoms with Crippen molar-refractivity contribution in [2.45, 2.75) is 26.7 Å². The normalized spacial score (nSPS) is 10.7. The molecule has 2 rings (SSSR count). The van der Waals surface area contributed by atoms with Gasteiger partial charge in [0, 0.05) is 12.6 Å². The molecule has 1 aromatic heterocycles. The number of aromatic nitrogens is 2. The highest BCUT2D eigenvalue weighted by molar-refractivity contribution is 14.1. The Morgan fingerprint density at radius 3 is 2.65 bits per heavy atom. The molecule has 0 saturated heterocycles. The molecule has 0 bridgehead atoms. The molecular formula is C15H17FIN3. The lowest BCUT2D eigenvalue weighted by atomic mass is 10.1. The van der Waals surface area contributed by atoms with Gasteiger partial charge in [-0.15, -0.1) is 0 Å². The van der Waals surface area contributed by atoms with Crippen molar-refractivity contribution in [1.29, 1.82) is 0 Å². The molecule has 0 aliphatic heterocycles. The zero-order valence-corrected chi connectivity index (χ0v) is 14.0. The molecule has 5 heteroatoms. The Labute approximate surface area is 132 Å². The standard InChI is InChI=1S/C15H17FIN3/c1-4-5-12-13(17)15(18-3)20-14(19-12)10-6-7-11(16)9(2)8-10/h6-8H,4-5H2,1-3H3,(H,18,19,20). The fraction of sp³-hybridized carbons (Fsp3) is 0.333. The molecule has 0 aliphatic rings. The highest BCUT2D eigenvalue weighted by Crippen LogP contribution is 2.25. The van der Waals surface area contributed by atoms with Gasteiger partial charge in [0.2, 0.25) is 0 Å². The van der Waals surface area contributed by atoms with Crippen molar-refractivity contribution in [2.24, 2.45) is 0 Å². The number of hydrogen-bond acceptors (Lipinski definition) is 3. The van der Waals surface area contributed by atoms with Gasteiger partial charge in [0.1, 0.15) is 11.6 Å². The van der Waals surface area contributed by atoms with Gasteiger partial charge in [0.05, 0.1) is 9.26 Å². The van der Waals surface area contributed by atoms with Crippen LogP contribution >= 0.6 is 22.6 Å². The van der Waals surface area contributed by atoms with E-state index in [2.05, 4.69) is 44.8 Å². The smallest absolute Gasteiger partial charge is 0.161 e. The van der Waals surface area contributed by atoms with Gasteiger partial charge in [-0.2, -0.15) is 0 Å². The van der Waals surface area contributed by atoms with Gasteiger partial charge in [0.25, 0.3) is 0 Å². The van der Waals surface area contributed by atoms with Crippen molar-refractivity contribution in [3.8, 4) is 11.4 Å². The number of benzene rings is 1. The molecule has 0 spiro atoms. The summed E-state index contributed by atoms with van der Waals surface area (Å²) in [6.07, 6.45) is 1.93. The van der Waals surface area contributed by atoms with Crippen LogP contribution in [0.15, 0.2) is 18.2 Å². The van der Waals surface area contributed by atoms with Crippen LogP contribution in [-0.4, -0.2) is 17.0 Å². The molecule has 1 heterocycles. The third kappa shape index (κ3) is 3.08. The van der Waals surface area contributed by atoms with E-state index in [1.807, 2.05) is 7.05 Å². The number of nitrogens with zero attached hydrogens (tertiary/aromatic N) is 2. The Morgan fingerprint density at radius 2 is 2.05 bits per heavy atom. The first-order valence-electron chi connectivity index (χ1n) is 6.57. The molecule has 2 aromatic rings. The molecule has 0 atom stereocenters. The van der Waals surface area contributed by atoms with Gasteiger partial charge in [-0.1, -0.05) is 13.3 Å². The van der Waals surface area contributed by atoms with Crippen LogP contribution in [0.3, 0.4) is 0 Å². The minimum atomic E-state index is -0.207. The summed E-state index contributed by atoms with van der Waals surface area (Å²) in [5.74, 6) is 1.25. The van der Waals surface area contributed by atoms with E-state index < -0.39 is 0 Å². The lowest BCUT2D eigenvalue weighted by Crippen LogP contribution is -2.05. The second-order valence-corrected chi connectivity index (χ2v) is 5.70. The summed E-state index contributed by atoms with van der Waals surface area (Å²) in [5, 5.41) is 3.10. The minimum absolute atomic E-state index is 0.207. The number of rotatable bonds is 4. The first-order chi connectivity index (χ1) is 9.56. The molecule has 1 aromatic carbocycles. The third-order valence-electron chi connectivity index (χ3n) is 3.06. The molecule has 0 saturated carbocycles. The first-order valence-corrected chi connectivity index (χ1v) is 7.65. The van der Waals surface area contributed by atoms with Crippen molar-refractivity contribution in [2.75, 3.05) is 12.4 Å². The minimum Gasteiger partial charge on any atom is -0.372 e. The molecular weight excluding hydrogens is 368 g/mol. The second-order valence-electron chi connectivity index (χ2n) is 4.62. The van der Waals surface area contributed by atoms with Gasteiger partial charge in [-0.3, -0.25) is 0 Å². The van der Waals surface area contributed by atoms with Crippen molar-refractivity contribution in [3.05, 3.63) is 38.8 Å². The van der Waals surface area contributed by atoms with E-state index in [4.69, 9.17) is 0 Å². The summed E-state index contributed by atoms with van der Waals surface area (Å²) in [4.78, 5) is 9.15. The van der Waals surface area contributed by atoms with Gasteiger partial charge < -0.3 is 5.32 Å². The molecule has 3 nitrogen and oxygen atoms in total. The summed E-state index contributed by atoms with van der Waals surface area (Å²) in [5.41, 5.74) is 2.48. The van der Waals surface area contributed by atoms with Crippen molar-refractivity contribution in [1.82, 2.24) is 9.97 Å². The number of hydrogen-bond donors (Lipinski definition) is 1. The molecule has 20 heavy (non-hydrogen) atoms. The molecule has 1 N–H and O–H groups in total. The van der Waals surface area contributed by atoms with E-state index in [9.17, 15) is 4.39 Å². The second kappa shape index (κ2) is 6.47. The van der Waals surface area contributed by atoms with E-state index in [0.717, 1.165) is 33.5 Å². The van der Waals surface area contributed by atoms with Gasteiger partial charge in [-0.05, 0) is 59.7 Å². The van der Waals surface area contributed by atoms with Crippen LogP contribution in [-0.2, 0) is 6.42 Å².